The lowest BCUT2D eigenvalue weighted by molar-refractivity contribution is 0.306. The van der Waals surface area contributed by atoms with Gasteiger partial charge in [-0.2, -0.15) is 5.10 Å². The third-order valence-corrected chi connectivity index (χ3v) is 3.86. The summed E-state index contributed by atoms with van der Waals surface area (Å²) in [5, 5.41) is 7.76. The van der Waals surface area contributed by atoms with Crippen LogP contribution in [0.5, 0.6) is 5.75 Å². The Bertz CT molecular complexity index is 890. The van der Waals surface area contributed by atoms with E-state index >= 15 is 0 Å². The van der Waals surface area contributed by atoms with Gasteiger partial charge in [-0.05, 0) is 61.9 Å². The van der Waals surface area contributed by atoms with Crippen molar-refractivity contribution >= 4 is 29.6 Å². The molecule has 0 radical (unpaired) electrons. The maximum atomic E-state index is 5.88. The van der Waals surface area contributed by atoms with Gasteiger partial charge in [0, 0.05) is 16.4 Å². The monoisotopic (exact) mass is 381 g/mol. The molecule has 0 spiro atoms. The van der Waals surface area contributed by atoms with Crippen LogP contribution >= 0.6 is 11.6 Å². The largest absolute Gasteiger partial charge is 0.489 e. The lowest BCUT2D eigenvalue weighted by Crippen LogP contribution is -2.04. The number of aromatic nitrogens is 2. The highest BCUT2D eigenvalue weighted by Crippen LogP contribution is 2.18. The van der Waals surface area contributed by atoms with Gasteiger partial charge in [-0.25, -0.2) is 9.97 Å². The average molecular weight is 382 g/mol. The van der Waals surface area contributed by atoms with Crippen LogP contribution in [-0.2, 0) is 6.61 Å². The molecule has 7 heteroatoms. The molecule has 138 valence electrons. The van der Waals surface area contributed by atoms with Crippen LogP contribution in [0.15, 0.2) is 59.7 Å². The molecule has 0 fully saturated rings. The maximum Gasteiger partial charge on any atom is 0.228 e. The molecule has 1 aromatic heterocycles. The van der Waals surface area contributed by atoms with E-state index in [1.165, 1.54) is 6.34 Å². The normalized spacial score (nSPS) is 10.8. The van der Waals surface area contributed by atoms with Gasteiger partial charge < -0.3 is 10.1 Å². The van der Waals surface area contributed by atoms with E-state index in [1.807, 2.05) is 68.4 Å². The predicted molar refractivity (Wildman–Crippen MR) is 109 cm³/mol. The van der Waals surface area contributed by atoms with Crippen molar-refractivity contribution in [3.63, 3.8) is 0 Å². The van der Waals surface area contributed by atoms with Gasteiger partial charge in [-0.3, -0.25) is 5.43 Å². The van der Waals surface area contributed by atoms with Crippen LogP contribution in [0.2, 0.25) is 5.02 Å². The van der Waals surface area contributed by atoms with Crippen LogP contribution in [0.4, 0.5) is 11.6 Å². The smallest absolute Gasteiger partial charge is 0.228 e. The number of nitrogens with one attached hydrogen (secondary N) is 2. The van der Waals surface area contributed by atoms with Gasteiger partial charge in [0.15, 0.2) is 0 Å². The Kier molecular flexibility index (Phi) is 6.22. The first-order valence-corrected chi connectivity index (χ1v) is 8.80. The van der Waals surface area contributed by atoms with E-state index in [0.29, 0.717) is 17.6 Å². The van der Waals surface area contributed by atoms with Crippen molar-refractivity contribution < 1.29 is 4.74 Å². The minimum Gasteiger partial charge on any atom is -0.489 e. The molecule has 0 aliphatic rings. The third-order valence-electron chi connectivity index (χ3n) is 3.61. The number of halogens is 1. The molecule has 0 saturated carbocycles. The van der Waals surface area contributed by atoms with Gasteiger partial charge in [0.25, 0.3) is 0 Å². The highest BCUT2D eigenvalue weighted by atomic mass is 35.5. The number of rotatable bonds is 7. The number of aryl methyl sites for hydroxylation is 2. The Morgan fingerprint density at radius 1 is 1.00 bits per heavy atom. The van der Waals surface area contributed by atoms with E-state index in [2.05, 4.69) is 25.8 Å². The number of hydrogen-bond acceptors (Lipinski definition) is 5. The average Bonchev–Trinajstić information content (AvgIpc) is 2.65. The summed E-state index contributed by atoms with van der Waals surface area (Å²) in [5.41, 5.74) is 6.64. The van der Waals surface area contributed by atoms with Gasteiger partial charge in [0.1, 0.15) is 18.7 Å². The van der Waals surface area contributed by atoms with E-state index in [9.17, 15) is 0 Å². The lowest BCUT2D eigenvalue weighted by atomic mass is 10.2. The van der Waals surface area contributed by atoms with Crippen molar-refractivity contribution in [2.24, 2.45) is 5.10 Å². The number of ether oxygens (including phenoxy) is 1. The topological polar surface area (TPSA) is 71.4 Å². The van der Waals surface area contributed by atoms with E-state index in [1.54, 1.807) is 0 Å². The van der Waals surface area contributed by atoms with Crippen molar-refractivity contribution in [3.8, 4) is 5.75 Å². The zero-order chi connectivity index (χ0) is 19.1. The molecule has 2 N–H and O–H groups in total. The summed E-state index contributed by atoms with van der Waals surface area (Å²) in [5.74, 6) is 1.30. The highest BCUT2D eigenvalue weighted by Gasteiger charge is 1.98. The molecule has 2 aromatic carbocycles. The minimum atomic E-state index is 0.488. The first kappa shape index (κ1) is 18.7. The zero-order valence-electron chi connectivity index (χ0n) is 15.1. The Hall–Kier alpha value is -3.12. The van der Waals surface area contributed by atoms with E-state index in [4.69, 9.17) is 16.3 Å². The van der Waals surface area contributed by atoms with Crippen molar-refractivity contribution in [2.45, 2.75) is 20.5 Å². The summed E-state index contributed by atoms with van der Waals surface area (Å²) in [6, 6.07) is 17.0. The molecule has 0 aliphatic carbocycles. The van der Waals surface area contributed by atoms with Crippen LogP contribution in [0.25, 0.3) is 0 Å². The summed E-state index contributed by atoms with van der Waals surface area (Å²) in [6.45, 7) is 4.33. The van der Waals surface area contributed by atoms with Crippen molar-refractivity contribution in [3.05, 3.63) is 76.6 Å². The van der Waals surface area contributed by atoms with Crippen molar-refractivity contribution in [1.82, 2.24) is 9.97 Å². The molecule has 0 aliphatic heterocycles. The fraction of sp³-hybridized carbons (Fsp3) is 0.150. The minimum absolute atomic E-state index is 0.488. The summed E-state index contributed by atoms with van der Waals surface area (Å²) < 4.78 is 5.75. The number of anilines is 2. The lowest BCUT2D eigenvalue weighted by Gasteiger charge is -2.07. The van der Waals surface area contributed by atoms with Crippen molar-refractivity contribution in [2.75, 3.05) is 10.7 Å². The number of hydrazone groups is 1. The Labute approximate surface area is 163 Å². The fourth-order valence-corrected chi connectivity index (χ4v) is 2.49. The maximum absolute atomic E-state index is 5.88. The number of benzene rings is 2. The Balaban J connectivity index is 1.47. The molecule has 0 unspecified atom stereocenters. The molecule has 1 heterocycles. The second-order valence-corrected chi connectivity index (χ2v) is 6.36. The van der Waals surface area contributed by atoms with Gasteiger partial charge in [-0.15, -0.1) is 0 Å². The molecule has 0 atom stereocenters. The molecule has 0 amide bonds. The van der Waals surface area contributed by atoms with E-state index in [0.717, 1.165) is 28.4 Å². The second kappa shape index (κ2) is 9.00. The van der Waals surface area contributed by atoms with Crippen LogP contribution < -0.4 is 15.5 Å². The Morgan fingerprint density at radius 2 is 1.67 bits per heavy atom. The van der Waals surface area contributed by atoms with Crippen LogP contribution in [-0.4, -0.2) is 16.3 Å². The molecule has 27 heavy (non-hydrogen) atoms. The summed E-state index contributed by atoms with van der Waals surface area (Å²) in [6.07, 6.45) is 1.51. The molecular formula is C20H20ClN5O. The second-order valence-electron chi connectivity index (χ2n) is 5.93. The van der Waals surface area contributed by atoms with E-state index < -0.39 is 0 Å². The first-order chi connectivity index (χ1) is 13.1. The van der Waals surface area contributed by atoms with E-state index in [-0.39, 0.29) is 0 Å². The zero-order valence-corrected chi connectivity index (χ0v) is 15.9. The SMILES string of the molecule is Cc1cc(C)nc(NC=NNc2ccc(OCc3ccc(Cl)cc3)cc2)n1. The molecule has 3 aromatic rings. The Morgan fingerprint density at radius 3 is 2.33 bits per heavy atom. The van der Waals surface area contributed by atoms with Gasteiger partial charge in [0.05, 0.1) is 5.69 Å². The summed E-state index contributed by atoms with van der Waals surface area (Å²) in [7, 11) is 0. The van der Waals surface area contributed by atoms with Gasteiger partial charge in [-0.1, -0.05) is 23.7 Å². The first-order valence-electron chi connectivity index (χ1n) is 8.42. The third kappa shape index (κ3) is 5.97. The molecule has 3 rings (SSSR count). The quantitative estimate of drug-likeness (QED) is 0.349. The van der Waals surface area contributed by atoms with Crippen LogP contribution in [0.1, 0.15) is 17.0 Å². The van der Waals surface area contributed by atoms with Crippen molar-refractivity contribution in [1.29, 1.82) is 0 Å². The standard InChI is InChI=1S/C20H20ClN5O/c1-14-11-15(2)25-20(24-14)22-13-23-26-18-7-9-19(10-8-18)27-12-16-3-5-17(21)6-4-16/h3-11,13,26H,12H2,1-2H3,(H,22,23,24,25). The van der Waals surface area contributed by atoms with Gasteiger partial charge >= 0.3 is 0 Å². The molecular weight excluding hydrogens is 362 g/mol. The molecule has 0 bridgehead atoms. The summed E-state index contributed by atoms with van der Waals surface area (Å²) >= 11 is 5.88. The predicted octanol–water partition coefficient (Wildman–Crippen LogP) is 4.79. The molecule has 6 nitrogen and oxygen atoms in total. The number of nitrogens with zero attached hydrogens (tertiary/aromatic N) is 3. The van der Waals surface area contributed by atoms with Gasteiger partial charge in [0.2, 0.25) is 5.95 Å². The van der Waals surface area contributed by atoms with Crippen LogP contribution in [0, 0.1) is 13.8 Å². The van der Waals surface area contributed by atoms with Crippen LogP contribution in [0.3, 0.4) is 0 Å². The number of hydrogen-bond donors (Lipinski definition) is 2. The summed E-state index contributed by atoms with van der Waals surface area (Å²) in [4.78, 5) is 8.55. The highest BCUT2D eigenvalue weighted by molar-refractivity contribution is 6.30. The molecule has 0 saturated heterocycles. The fourth-order valence-electron chi connectivity index (χ4n) is 2.36.